The summed E-state index contributed by atoms with van der Waals surface area (Å²) in [4.78, 5) is 40.6. The van der Waals surface area contributed by atoms with Crippen LogP contribution in [-0.4, -0.2) is 59.2 Å². The van der Waals surface area contributed by atoms with Gasteiger partial charge in [-0.25, -0.2) is 0 Å². The van der Waals surface area contributed by atoms with E-state index in [1.54, 1.807) is 4.90 Å². The molecule has 4 unspecified atom stereocenters. The van der Waals surface area contributed by atoms with E-state index in [1.165, 1.54) is 0 Å². The molecule has 148 valence electrons. The highest BCUT2D eigenvalue weighted by atomic mass is 16.2. The number of fused-ring (bicyclic) bond motifs is 2. The zero-order valence-electron chi connectivity index (χ0n) is 16.1. The number of carbonyl (C=O) groups is 3. The molecule has 0 aromatic heterocycles. The molecule has 5 rings (SSSR count). The number of amides is 3. The van der Waals surface area contributed by atoms with E-state index in [0.29, 0.717) is 24.6 Å². The van der Waals surface area contributed by atoms with Gasteiger partial charge in [-0.05, 0) is 48.9 Å². The van der Waals surface area contributed by atoms with Crippen molar-refractivity contribution in [3.05, 3.63) is 34.9 Å². The lowest BCUT2D eigenvalue weighted by atomic mass is 9.95. The first-order valence-corrected chi connectivity index (χ1v) is 10.2. The van der Waals surface area contributed by atoms with E-state index in [-0.39, 0.29) is 24.1 Å². The van der Waals surface area contributed by atoms with Crippen molar-refractivity contribution in [1.29, 1.82) is 0 Å². The van der Waals surface area contributed by atoms with Crippen LogP contribution in [0.3, 0.4) is 0 Å². The van der Waals surface area contributed by atoms with Crippen LogP contribution in [0.25, 0.3) is 0 Å². The molecule has 7 heteroatoms. The van der Waals surface area contributed by atoms with Crippen molar-refractivity contribution < 1.29 is 14.4 Å². The third-order valence-electron chi connectivity index (χ3n) is 6.91. The van der Waals surface area contributed by atoms with Crippen molar-refractivity contribution in [2.45, 2.75) is 44.9 Å². The summed E-state index contributed by atoms with van der Waals surface area (Å²) < 4.78 is 0. The number of benzene rings is 1. The maximum Gasteiger partial charge on any atom is 0.255 e. The Hall–Kier alpha value is -2.25. The van der Waals surface area contributed by atoms with Crippen LogP contribution in [0, 0.1) is 11.8 Å². The Kier molecular flexibility index (Phi) is 4.25. The Morgan fingerprint density at radius 2 is 2.04 bits per heavy atom. The number of rotatable bonds is 3. The summed E-state index contributed by atoms with van der Waals surface area (Å²) in [5, 5.41) is 5.91. The zero-order valence-corrected chi connectivity index (χ0v) is 16.1. The van der Waals surface area contributed by atoms with Gasteiger partial charge in [-0.1, -0.05) is 12.1 Å². The van der Waals surface area contributed by atoms with Gasteiger partial charge in [-0.2, -0.15) is 0 Å². The lowest BCUT2D eigenvalue weighted by molar-refractivity contribution is -0.136. The van der Waals surface area contributed by atoms with Gasteiger partial charge in [-0.3, -0.25) is 24.6 Å². The van der Waals surface area contributed by atoms with E-state index in [0.717, 1.165) is 49.1 Å². The number of imide groups is 1. The van der Waals surface area contributed by atoms with Crippen molar-refractivity contribution in [3.8, 4) is 0 Å². The van der Waals surface area contributed by atoms with E-state index < -0.39 is 6.04 Å². The van der Waals surface area contributed by atoms with Gasteiger partial charge in [0.2, 0.25) is 11.8 Å². The molecule has 0 saturated carbocycles. The number of hydrogen-bond donors (Lipinski definition) is 2. The fourth-order valence-corrected chi connectivity index (χ4v) is 5.35. The zero-order chi connectivity index (χ0) is 19.4. The molecule has 2 N–H and O–H groups in total. The monoisotopic (exact) mass is 382 g/mol. The van der Waals surface area contributed by atoms with Crippen LogP contribution in [0.5, 0.6) is 0 Å². The van der Waals surface area contributed by atoms with Gasteiger partial charge in [0.15, 0.2) is 0 Å². The number of nitrogens with zero attached hydrogens (tertiary/aromatic N) is 2. The standard InChI is InChI=1S/C21H26N4O3/c1-12-17-11-24(9-15(17)7-22-12)8-13-2-3-14-10-25(21(28)16(14)6-13)18-4-5-19(26)23-20(18)27/h2-3,6,12,15,17-18,22H,4-5,7-11H2,1H3,(H,23,26,27). The molecule has 0 bridgehead atoms. The first kappa shape index (κ1) is 17.8. The molecule has 4 aliphatic rings. The highest BCUT2D eigenvalue weighted by molar-refractivity contribution is 6.05. The molecule has 7 nitrogen and oxygen atoms in total. The predicted octanol–water partition coefficient (Wildman–Crippen LogP) is 0.487. The molecular weight excluding hydrogens is 356 g/mol. The molecule has 3 amide bonds. The molecule has 3 saturated heterocycles. The molecule has 4 heterocycles. The largest absolute Gasteiger partial charge is 0.322 e. The van der Waals surface area contributed by atoms with Gasteiger partial charge in [-0.15, -0.1) is 0 Å². The lowest BCUT2D eigenvalue weighted by Gasteiger charge is -2.29. The Labute approximate surface area is 164 Å². The highest BCUT2D eigenvalue weighted by Gasteiger charge is 2.41. The van der Waals surface area contributed by atoms with Crippen LogP contribution in [-0.2, 0) is 22.7 Å². The summed E-state index contributed by atoms with van der Waals surface area (Å²) in [6.07, 6.45) is 0.687. The maximum atomic E-state index is 13.0. The quantitative estimate of drug-likeness (QED) is 0.744. The Balaban J connectivity index is 1.29. The highest BCUT2D eigenvalue weighted by Crippen LogP contribution is 2.32. The van der Waals surface area contributed by atoms with Crippen molar-refractivity contribution in [3.63, 3.8) is 0 Å². The minimum atomic E-state index is -0.548. The number of piperidine rings is 1. The average Bonchev–Trinajstić information content (AvgIpc) is 3.31. The van der Waals surface area contributed by atoms with Crippen LogP contribution in [0.2, 0.25) is 0 Å². The molecule has 3 fully saturated rings. The predicted molar refractivity (Wildman–Crippen MR) is 102 cm³/mol. The first-order valence-electron chi connectivity index (χ1n) is 10.2. The van der Waals surface area contributed by atoms with Crippen LogP contribution >= 0.6 is 0 Å². The lowest BCUT2D eigenvalue weighted by Crippen LogP contribution is -2.52. The SMILES string of the molecule is CC1NCC2CN(Cc3ccc4c(c3)C(=O)N(C3CCC(=O)NC3=O)C4)CC21. The number of carbonyl (C=O) groups excluding carboxylic acids is 3. The van der Waals surface area contributed by atoms with E-state index in [9.17, 15) is 14.4 Å². The Bertz CT molecular complexity index is 854. The van der Waals surface area contributed by atoms with Crippen molar-refractivity contribution in [1.82, 2.24) is 20.4 Å². The molecule has 1 aromatic rings. The summed E-state index contributed by atoms with van der Waals surface area (Å²) in [5.41, 5.74) is 2.82. The number of hydrogen-bond acceptors (Lipinski definition) is 5. The van der Waals surface area contributed by atoms with Crippen LogP contribution in [0.1, 0.15) is 41.3 Å². The second-order valence-corrected chi connectivity index (χ2v) is 8.71. The Morgan fingerprint density at radius 3 is 2.82 bits per heavy atom. The van der Waals surface area contributed by atoms with Crippen molar-refractivity contribution >= 4 is 17.7 Å². The molecule has 1 aromatic carbocycles. The van der Waals surface area contributed by atoms with Crippen LogP contribution in [0.4, 0.5) is 0 Å². The van der Waals surface area contributed by atoms with Gasteiger partial charge in [0.05, 0.1) is 0 Å². The van der Waals surface area contributed by atoms with Crippen LogP contribution < -0.4 is 10.6 Å². The summed E-state index contributed by atoms with van der Waals surface area (Å²) in [5.74, 6) is 0.743. The first-order chi connectivity index (χ1) is 13.5. The second-order valence-electron chi connectivity index (χ2n) is 8.71. The molecule has 4 atom stereocenters. The van der Waals surface area contributed by atoms with Gasteiger partial charge >= 0.3 is 0 Å². The third kappa shape index (κ3) is 2.93. The molecular formula is C21H26N4O3. The fourth-order valence-electron chi connectivity index (χ4n) is 5.35. The fraction of sp³-hybridized carbons (Fsp3) is 0.571. The van der Waals surface area contributed by atoms with E-state index in [4.69, 9.17) is 0 Å². The van der Waals surface area contributed by atoms with Gasteiger partial charge in [0.1, 0.15) is 6.04 Å². The maximum absolute atomic E-state index is 13.0. The van der Waals surface area contributed by atoms with Gasteiger partial charge in [0.25, 0.3) is 5.91 Å². The molecule has 4 aliphatic heterocycles. The minimum absolute atomic E-state index is 0.0949. The molecule has 28 heavy (non-hydrogen) atoms. The summed E-state index contributed by atoms with van der Waals surface area (Å²) in [6.45, 7) is 6.88. The summed E-state index contributed by atoms with van der Waals surface area (Å²) in [6, 6.07) is 6.16. The summed E-state index contributed by atoms with van der Waals surface area (Å²) in [7, 11) is 0. The van der Waals surface area contributed by atoms with E-state index >= 15 is 0 Å². The average molecular weight is 382 g/mol. The number of nitrogens with one attached hydrogen (secondary N) is 2. The topological polar surface area (TPSA) is 81.8 Å². The second kappa shape index (κ2) is 6.67. The van der Waals surface area contributed by atoms with E-state index in [2.05, 4.69) is 28.5 Å². The molecule has 0 radical (unpaired) electrons. The summed E-state index contributed by atoms with van der Waals surface area (Å²) >= 11 is 0. The van der Waals surface area contributed by atoms with Crippen molar-refractivity contribution in [2.24, 2.45) is 11.8 Å². The normalized spacial score (nSPS) is 32.6. The van der Waals surface area contributed by atoms with Crippen LogP contribution in [0.15, 0.2) is 18.2 Å². The third-order valence-corrected chi connectivity index (χ3v) is 6.91. The van der Waals surface area contributed by atoms with Gasteiger partial charge < -0.3 is 10.2 Å². The smallest absolute Gasteiger partial charge is 0.255 e. The molecule has 0 aliphatic carbocycles. The van der Waals surface area contributed by atoms with Gasteiger partial charge in [0, 0.05) is 44.2 Å². The Morgan fingerprint density at radius 1 is 1.18 bits per heavy atom. The van der Waals surface area contributed by atoms with E-state index in [1.807, 2.05) is 12.1 Å². The number of likely N-dealkylation sites (tertiary alicyclic amines) is 1. The van der Waals surface area contributed by atoms with Crippen molar-refractivity contribution in [2.75, 3.05) is 19.6 Å². The minimum Gasteiger partial charge on any atom is -0.322 e. The molecule has 0 spiro atoms.